The molecule has 4 heteroatoms. The number of hydrogen-bond acceptors (Lipinski definition) is 4. The summed E-state index contributed by atoms with van der Waals surface area (Å²) in [4.78, 5) is 0. The molecule has 0 aromatic carbocycles. The van der Waals surface area contributed by atoms with Crippen LogP contribution >= 0.6 is 11.3 Å². The first-order valence-electron chi connectivity index (χ1n) is 7.21. The zero-order chi connectivity index (χ0) is 12.6. The second-order valence-corrected chi connectivity index (χ2v) is 7.57. The molecule has 0 spiro atoms. The smallest absolute Gasteiger partial charge is 0.131 e. The SMILES string of the molecule is CC1(C)CCCCC1c1nnc(CNC2CC2)s1. The Labute approximate surface area is 113 Å². The van der Waals surface area contributed by atoms with Crippen LogP contribution in [-0.4, -0.2) is 16.2 Å². The Balaban J connectivity index is 1.67. The molecule has 3 rings (SSSR count). The van der Waals surface area contributed by atoms with E-state index in [0.717, 1.165) is 12.6 Å². The first-order valence-corrected chi connectivity index (χ1v) is 8.02. The maximum absolute atomic E-state index is 4.46. The zero-order valence-corrected chi connectivity index (χ0v) is 12.2. The summed E-state index contributed by atoms with van der Waals surface area (Å²) in [6.45, 7) is 5.69. The molecule has 2 fully saturated rings. The molecule has 0 aliphatic heterocycles. The molecule has 0 amide bonds. The molecular formula is C14H23N3S. The molecule has 0 saturated heterocycles. The van der Waals surface area contributed by atoms with Gasteiger partial charge in [-0.15, -0.1) is 10.2 Å². The monoisotopic (exact) mass is 265 g/mol. The van der Waals surface area contributed by atoms with Crippen LogP contribution in [0, 0.1) is 5.41 Å². The van der Waals surface area contributed by atoms with Gasteiger partial charge in [-0.05, 0) is 31.1 Å². The summed E-state index contributed by atoms with van der Waals surface area (Å²) in [7, 11) is 0. The van der Waals surface area contributed by atoms with Crippen LogP contribution in [0.4, 0.5) is 0 Å². The van der Waals surface area contributed by atoms with Crippen molar-refractivity contribution in [2.75, 3.05) is 0 Å². The predicted molar refractivity (Wildman–Crippen MR) is 74.8 cm³/mol. The van der Waals surface area contributed by atoms with Gasteiger partial charge in [0.15, 0.2) is 0 Å². The number of aromatic nitrogens is 2. The third-order valence-corrected chi connectivity index (χ3v) is 5.44. The van der Waals surface area contributed by atoms with Crippen LogP contribution in [0.5, 0.6) is 0 Å². The maximum Gasteiger partial charge on any atom is 0.131 e. The van der Waals surface area contributed by atoms with Crippen molar-refractivity contribution >= 4 is 11.3 Å². The van der Waals surface area contributed by atoms with E-state index in [1.165, 1.54) is 48.5 Å². The molecule has 0 bridgehead atoms. The molecule has 0 radical (unpaired) electrons. The van der Waals surface area contributed by atoms with E-state index in [1.54, 1.807) is 0 Å². The van der Waals surface area contributed by atoms with Gasteiger partial charge < -0.3 is 5.32 Å². The summed E-state index contributed by atoms with van der Waals surface area (Å²) >= 11 is 1.83. The Bertz CT molecular complexity index is 409. The van der Waals surface area contributed by atoms with Gasteiger partial charge >= 0.3 is 0 Å². The Morgan fingerprint density at radius 2 is 2.06 bits per heavy atom. The lowest BCUT2D eigenvalue weighted by Crippen LogP contribution is -2.25. The average molecular weight is 265 g/mol. The van der Waals surface area contributed by atoms with Crippen molar-refractivity contribution in [2.24, 2.45) is 5.41 Å². The fourth-order valence-electron chi connectivity index (χ4n) is 2.95. The van der Waals surface area contributed by atoms with Crippen LogP contribution in [-0.2, 0) is 6.54 Å². The van der Waals surface area contributed by atoms with Crippen molar-refractivity contribution in [2.45, 2.75) is 70.9 Å². The van der Waals surface area contributed by atoms with Gasteiger partial charge in [0.2, 0.25) is 0 Å². The molecule has 18 heavy (non-hydrogen) atoms. The number of nitrogens with zero attached hydrogens (tertiary/aromatic N) is 2. The van der Waals surface area contributed by atoms with E-state index in [4.69, 9.17) is 0 Å². The molecule has 1 heterocycles. The van der Waals surface area contributed by atoms with Crippen LogP contribution < -0.4 is 5.32 Å². The molecule has 2 saturated carbocycles. The molecule has 1 N–H and O–H groups in total. The Hall–Kier alpha value is -0.480. The lowest BCUT2D eigenvalue weighted by atomic mass is 9.69. The van der Waals surface area contributed by atoms with Gasteiger partial charge in [0.05, 0.1) is 0 Å². The summed E-state index contributed by atoms with van der Waals surface area (Å²) < 4.78 is 0. The molecule has 1 aromatic heterocycles. The van der Waals surface area contributed by atoms with Gasteiger partial charge in [-0.25, -0.2) is 0 Å². The van der Waals surface area contributed by atoms with Crippen LogP contribution in [0.2, 0.25) is 0 Å². The zero-order valence-electron chi connectivity index (χ0n) is 11.4. The highest BCUT2D eigenvalue weighted by Gasteiger charge is 2.35. The van der Waals surface area contributed by atoms with E-state index < -0.39 is 0 Å². The number of nitrogens with one attached hydrogen (secondary N) is 1. The van der Waals surface area contributed by atoms with Crippen molar-refractivity contribution in [3.8, 4) is 0 Å². The van der Waals surface area contributed by atoms with Gasteiger partial charge in [0.25, 0.3) is 0 Å². The lowest BCUT2D eigenvalue weighted by Gasteiger charge is -2.37. The van der Waals surface area contributed by atoms with Crippen LogP contribution in [0.25, 0.3) is 0 Å². The Morgan fingerprint density at radius 3 is 2.78 bits per heavy atom. The molecule has 2 aliphatic rings. The van der Waals surface area contributed by atoms with Crippen LogP contribution in [0.3, 0.4) is 0 Å². The Kier molecular flexibility index (Phi) is 3.41. The summed E-state index contributed by atoms with van der Waals surface area (Å²) in [6, 6.07) is 0.753. The Morgan fingerprint density at radius 1 is 1.22 bits per heavy atom. The second-order valence-electron chi connectivity index (χ2n) is 6.48. The van der Waals surface area contributed by atoms with Gasteiger partial charge in [0.1, 0.15) is 10.0 Å². The van der Waals surface area contributed by atoms with E-state index >= 15 is 0 Å². The molecule has 1 atom stereocenters. The van der Waals surface area contributed by atoms with E-state index in [2.05, 4.69) is 29.4 Å². The number of rotatable bonds is 4. The van der Waals surface area contributed by atoms with Gasteiger partial charge in [0, 0.05) is 18.5 Å². The fraction of sp³-hybridized carbons (Fsp3) is 0.857. The predicted octanol–water partition coefficient (Wildman–Crippen LogP) is 3.47. The van der Waals surface area contributed by atoms with Gasteiger partial charge in [-0.1, -0.05) is 38.0 Å². The molecular weight excluding hydrogens is 242 g/mol. The third kappa shape index (κ3) is 2.75. The van der Waals surface area contributed by atoms with Crippen molar-refractivity contribution in [3.05, 3.63) is 10.0 Å². The molecule has 100 valence electrons. The van der Waals surface area contributed by atoms with Crippen LogP contribution in [0.15, 0.2) is 0 Å². The summed E-state index contributed by atoms with van der Waals surface area (Å²) in [5, 5.41) is 14.8. The summed E-state index contributed by atoms with van der Waals surface area (Å²) in [5.41, 5.74) is 0.402. The maximum atomic E-state index is 4.46. The van der Waals surface area contributed by atoms with E-state index in [0.29, 0.717) is 11.3 Å². The van der Waals surface area contributed by atoms with Crippen LogP contribution in [0.1, 0.15) is 68.3 Å². The first kappa shape index (κ1) is 12.5. The lowest BCUT2D eigenvalue weighted by molar-refractivity contribution is 0.198. The van der Waals surface area contributed by atoms with E-state index in [1.807, 2.05) is 11.3 Å². The minimum Gasteiger partial charge on any atom is -0.308 e. The van der Waals surface area contributed by atoms with Crippen molar-refractivity contribution < 1.29 is 0 Å². The second kappa shape index (κ2) is 4.89. The van der Waals surface area contributed by atoms with Gasteiger partial charge in [-0.2, -0.15) is 0 Å². The molecule has 1 aromatic rings. The minimum absolute atomic E-state index is 0.402. The fourth-order valence-corrected chi connectivity index (χ4v) is 4.09. The highest BCUT2D eigenvalue weighted by Crippen LogP contribution is 2.47. The normalized spacial score (nSPS) is 27.3. The number of hydrogen-bond donors (Lipinski definition) is 1. The highest BCUT2D eigenvalue weighted by atomic mass is 32.1. The quantitative estimate of drug-likeness (QED) is 0.905. The van der Waals surface area contributed by atoms with Gasteiger partial charge in [-0.3, -0.25) is 0 Å². The summed E-state index contributed by atoms with van der Waals surface area (Å²) in [6.07, 6.45) is 8.01. The molecule has 2 aliphatic carbocycles. The van der Waals surface area contributed by atoms with E-state index in [-0.39, 0.29) is 0 Å². The van der Waals surface area contributed by atoms with Crippen molar-refractivity contribution in [1.82, 2.24) is 15.5 Å². The third-order valence-electron chi connectivity index (χ3n) is 4.41. The van der Waals surface area contributed by atoms with Crippen molar-refractivity contribution in [1.29, 1.82) is 0 Å². The average Bonchev–Trinajstić information content (AvgIpc) is 3.05. The first-order chi connectivity index (χ1) is 8.65. The summed E-state index contributed by atoms with van der Waals surface area (Å²) in [5.74, 6) is 0.624. The van der Waals surface area contributed by atoms with Crippen molar-refractivity contribution in [3.63, 3.8) is 0 Å². The highest BCUT2D eigenvalue weighted by molar-refractivity contribution is 7.11. The van der Waals surface area contributed by atoms with E-state index in [9.17, 15) is 0 Å². The topological polar surface area (TPSA) is 37.8 Å². The largest absolute Gasteiger partial charge is 0.308 e. The minimum atomic E-state index is 0.402. The molecule has 3 nitrogen and oxygen atoms in total. The standard InChI is InChI=1S/C14H23N3S/c1-14(2)8-4-3-5-11(14)13-17-16-12(18-13)9-15-10-6-7-10/h10-11,15H,3-9H2,1-2H3. The molecule has 1 unspecified atom stereocenters.